The highest BCUT2D eigenvalue weighted by molar-refractivity contribution is 5.96. The third kappa shape index (κ3) is 4.46. The van der Waals surface area contributed by atoms with Gasteiger partial charge in [-0.15, -0.1) is 0 Å². The van der Waals surface area contributed by atoms with E-state index in [-0.39, 0.29) is 17.8 Å². The zero-order valence-corrected chi connectivity index (χ0v) is 17.6. The van der Waals surface area contributed by atoms with Crippen LogP contribution in [0.15, 0.2) is 42.9 Å². The molecule has 2 aliphatic rings. The molecule has 0 radical (unpaired) electrons. The Balaban J connectivity index is 1.17. The quantitative estimate of drug-likeness (QED) is 0.674. The molecule has 1 aliphatic heterocycles. The molecule has 162 valence electrons. The van der Waals surface area contributed by atoms with Crippen LogP contribution in [0.25, 0.3) is 11.2 Å². The summed E-state index contributed by atoms with van der Waals surface area (Å²) < 4.78 is 15.2. The largest absolute Gasteiger partial charge is 0.349 e. The highest BCUT2D eigenvalue weighted by atomic mass is 19.1. The van der Waals surface area contributed by atoms with E-state index in [4.69, 9.17) is 0 Å². The van der Waals surface area contributed by atoms with Crippen LogP contribution in [0.1, 0.15) is 60.5 Å². The maximum Gasteiger partial charge on any atom is 0.253 e. The summed E-state index contributed by atoms with van der Waals surface area (Å²) in [6, 6.07) is 9.17. The lowest BCUT2D eigenvalue weighted by Gasteiger charge is -2.32. The van der Waals surface area contributed by atoms with Gasteiger partial charge in [0.1, 0.15) is 11.3 Å². The summed E-state index contributed by atoms with van der Waals surface area (Å²) in [4.78, 5) is 24.2. The van der Waals surface area contributed by atoms with Crippen LogP contribution in [0, 0.1) is 5.82 Å². The molecule has 5 rings (SSSR count). The van der Waals surface area contributed by atoms with Crippen LogP contribution < -0.4 is 5.32 Å². The van der Waals surface area contributed by atoms with Gasteiger partial charge in [-0.1, -0.05) is 25.0 Å². The van der Waals surface area contributed by atoms with E-state index in [1.807, 2.05) is 24.5 Å². The lowest BCUT2D eigenvalue weighted by molar-refractivity contribution is 0.0908. The molecule has 0 spiro atoms. The third-order valence-corrected chi connectivity index (χ3v) is 6.64. The monoisotopic (exact) mass is 421 g/mol. The molecule has 1 saturated carbocycles. The van der Waals surface area contributed by atoms with Gasteiger partial charge in [0.25, 0.3) is 5.91 Å². The van der Waals surface area contributed by atoms with Crippen molar-refractivity contribution in [3.05, 3.63) is 59.8 Å². The van der Waals surface area contributed by atoms with E-state index in [0.29, 0.717) is 11.6 Å². The van der Waals surface area contributed by atoms with Gasteiger partial charge < -0.3 is 9.88 Å². The molecular weight excluding hydrogens is 393 g/mol. The first kappa shape index (κ1) is 20.1. The second kappa shape index (κ2) is 8.75. The second-order valence-electron chi connectivity index (χ2n) is 8.81. The Morgan fingerprint density at radius 2 is 1.81 bits per heavy atom. The Hall–Kier alpha value is -2.80. The smallest absolute Gasteiger partial charge is 0.253 e. The van der Waals surface area contributed by atoms with E-state index in [1.165, 1.54) is 37.8 Å². The molecule has 1 amide bonds. The van der Waals surface area contributed by atoms with Crippen molar-refractivity contribution in [2.45, 2.75) is 57.2 Å². The van der Waals surface area contributed by atoms with Crippen molar-refractivity contribution < 1.29 is 9.18 Å². The van der Waals surface area contributed by atoms with Crippen molar-refractivity contribution in [2.24, 2.45) is 0 Å². The number of pyridine rings is 1. The van der Waals surface area contributed by atoms with Gasteiger partial charge in [0.15, 0.2) is 5.65 Å². The number of fused-ring (bicyclic) bond motifs is 1. The summed E-state index contributed by atoms with van der Waals surface area (Å²) in [5, 5.41) is 3.16. The number of imidazole rings is 1. The molecule has 2 fully saturated rings. The Morgan fingerprint density at radius 1 is 1.06 bits per heavy atom. The maximum absolute atomic E-state index is 13.1. The number of nitrogens with one attached hydrogen (secondary N) is 1. The number of piperidine rings is 1. The topological polar surface area (TPSA) is 63.1 Å². The van der Waals surface area contributed by atoms with Gasteiger partial charge >= 0.3 is 0 Å². The van der Waals surface area contributed by atoms with E-state index >= 15 is 0 Å². The average molecular weight is 422 g/mol. The van der Waals surface area contributed by atoms with Crippen molar-refractivity contribution >= 4 is 17.1 Å². The first-order valence-corrected chi connectivity index (χ1v) is 11.3. The predicted octanol–water partition coefficient (Wildman–Crippen LogP) is 4.08. The van der Waals surface area contributed by atoms with Crippen molar-refractivity contribution in [3.63, 3.8) is 0 Å². The molecule has 2 aromatic heterocycles. The second-order valence-corrected chi connectivity index (χ2v) is 8.81. The molecule has 3 heterocycles. The average Bonchev–Trinajstić information content (AvgIpc) is 3.46. The van der Waals surface area contributed by atoms with Crippen LogP contribution in [0.5, 0.6) is 0 Å². The van der Waals surface area contributed by atoms with Crippen LogP contribution in [0.3, 0.4) is 0 Å². The summed E-state index contributed by atoms with van der Waals surface area (Å²) in [7, 11) is 0. The van der Waals surface area contributed by atoms with Crippen LogP contribution in [0.4, 0.5) is 4.39 Å². The SMILES string of the molecule is O=C(NC1CCN(Cc2ccc(F)cc2)CC1)c1cnc2c(c1)ncn2C1CCCC1. The van der Waals surface area contributed by atoms with Gasteiger partial charge in [-0.3, -0.25) is 9.69 Å². The van der Waals surface area contributed by atoms with Gasteiger partial charge in [-0.25, -0.2) is 14.4 Å². The molecule has 1 aliphatic carbocycles. The van der Waals surface area contributed by atoms with Crippen LogP contribution in [0.2, 0.25) is 0 Å². The number of amides is 1. The molecule has 6 nitrogen and oxygen atoms in total. The summed E-state index contributed by atoms with van der Waals surface area (Å²) in [5.74, 6) is -0.287. The summed E-state index contributed by atoms with van der Waals surface area (Å²) in [6.07, 6.45) is 10.2. The molecule has 1 N–H and O–H groups in total. The van der Waals surface area contributed by atoms with Gasteiger partial charge in [-0.2, -0.15) is 0 Å². The first-order valence-electron chi connectivity index (χ1n) is 11.3. The standard InChI is InChI=1S/C24H28FN5O/c25-19-7-5-17(6-8-19)15-29-11-9-20(10-12-29)28-24(31)18-13-22-23(26-14-18)30(16-27-22)21-3-1-2-4-21/h5-8,13-14,16,20-21H,1-4,9-12,15H2,(H,28,31). The van der Waals surface area contributed by atoms with Crippen LogP contribution >= 0.6 is 0 Å². The highest BCUT2D eigenvalue weighted by Gasteiger charge is 2.23. The van der Waals surface area contributed by atoms with E-state index in [9.17, 15) is 9.18 Å². The molecule has 0 bridgehead atoms. The van der Waals surface area contributed by atoms with E-state index < -0.39 is 0 Å². The number of hydrogen-bond donors (Lipinski definition) is 1. The lowest BCUT2D eigenvalue weighted by atomic mass is 10.0. The van der Waals surface area contributed by atoms with Gasteiger partial charge in [0.2, 0.25) is 0 Å². The van der Waals surface area contributed by atoms with Gasteiger partial charge in [-0.05, 0) is 49.4 Å². The minimum absolute atomic E-state index is 0.0817. The molecule has 31 heavy (non-hydrogen) atoms. The van der Waals surface area contributed by atoms with Crippen LogP contribution in [-0.2, 0) is 6.54 Å². The number of carbonyl (C=O) groups excluding carboxylic acids is 1. The number of benzene rings is 1. The Kier molecular flexibility index (Phi) is 5.68. The Bertz CT molecular complexity index is 1050. The normalized spacial score (nSPS) is 18.6. The van der Waals surface area contributed by atoms with Crippen molar-refractivity contribution in [1.29, 1.82) is 0 Å². The molecular formula is C24H28FN5O. The number of carbonyl (C=O) groups is 1. The molecule has 0 atom stereocenters. The van der Waals surface area contributed by atoms with Gasteiger partial charge in [0, 0.05) is 37.9 Å². The number of aromatic nitrogens is 3. The van der Waals surface area contributed by atoms with Crippen LogP contribution in [-0.4, -0.2) is 44.5 Å². The number of rotatable bonds is 5. The number of hydrogen-bond acceptors (Lipinski definition) is 4. The lowest BCUT2D eigenvalue weighted by Crippen LogP contribution is -2.44. The molecule has 7 heteroatoms. The van der Waals surface area contributed by atoms with Crippen molar-refractivity contribution in [1.82, 2.24) is 24.8 Å². The Morgan fingerprint density at radius 3 is 2.55 bits per heavy atom. The summed E-state index contributed by atoms with van der Waals surface area (Å²) in [6.45, 7) is 2.63. The van der Waals surface area contributed by atoms with Crippen molar-refractivity contribution in [2.75, 3.05) is 13.1 Å². The minimum Gasteiger partial charge on any atom is -0.349 e. The fraction of sp³-hybridized carbons (Fsp3) is 0.458. The molecule has 3 aromatic rings. The first-order chi connectivity index (χ1) is 15.2. The number of nitrogens with zero attached hydrogens (tertiary/aromatic N) is 4. The van der Waals surface area contributed by atoms with E-state index in [0.717, 1.165) is 49.2 Å². The van der Waals surface area contributed by atoms with E-state index in [2.05, 4.69) is 24.8 Å². The number of halogens is 1. The zero-order valence-electron chi connectivity index (χ0n) is 17.6. The Labute approximate surface area is 181 Å². The molecule has 0 unspecified atom stereocenters. The highest BCUT2D eigenvalue weighted by Crippen LogP contribution is 2.31. The maximum atomic E-state index is 13.1. The van der Waals surface area contributed by atoms with Gasteiger partial charge in [0.05, 0.1) is 11.9 Å². The summed E-state index contributed by atoms with van der Waals surface area (Å²) >= 11 is 0. The van der Waals surface area contributed by atoms with E-state index in [1.54, 1.807) is 6.20 Å². The molecule has 1 saturated heterocycles. The molecule has 1 aromatic carbocycles. The summed E-state index contributed by atoms with van der Waals surface area (Å²) in [5.41, 5.74) is 3.34. The number of likely N-dealkylation sites (tertiary alicyclic amines) is 1. The minimum atomic E-state index is -0.205. The van der Waals surface area contributed by atoms with Crippen molar-refractivity contribution in [3.8, 4) is 0 Å². The third-order valence-electron chi connectivity index (χ3n) is 6.64. The zero-order chi connectivity index (χ0) is 21.2. The fourth-order valence-electron chi connectivity index (χ4n) is 4.84. The fourth-order valence-corrected chi connectivity index (χ4v) is 4.84. The predicted molar refractivity (Wildman–Crippen MR) is 117 cm³/mol.